The highest BCUT2D eigenvalue weighted by molar-refractivity contribution is 5.86. The van der Waals surface area contributed by atoms with Gasteiger partial charge < -0.3 is 19.8 Å². The highest BCUT2D eigenvalue weighted by Crippen LogP contribution is 2.43. The summed E-state index contributed by atoms with van der Waals surface area (Å²) in [6.45, 7) is 5.98. The molecule has 2 N–H and O–H groups in total. The Bertz CT molecular complexity index is 1200. The summed E-state index contributed by atoms with van der Waals surface area (Å²) < 4.78 is 11.3. The number of nitriles is 1. The number of benzene rings is 2. The predicted molar refractivity (Wildman–Crippen MR) is 112 cm³/mol. The van der Waals surface area contributed by atoms with E-state index in [1.165, 1.54) is 0 Å². The Kier molecular flexibility index (Phi) is 4.73. The molecule has 6 nitrogen and oxygen atoms in total. The molecule has 6 heteroatoms. The standard InChI is InChI=1S/C23H21N3O3/c1-3-26(4-2)15-11-9-14(10-12-15)19-17(13-24)22(25)29-21-16-7-5-6-8-18(16)28-23(27)20(19)21/h5-12,19H,3-4,25H2,1-2H3/t19-/m0/s1. The lowest BCUT2D eigenvalue weighted by atomic mass is 9.84. The highest BCUT2D eigenvalue weighted by Gasteiger charge is 2.35. The van der Waals surface area contributed by atoms with Crippen molar-refractivity contribution in [2.24, 2.45) is 5.73 Å². The van der Waals surface area contributed by atoms with Crippen LogP contribution in [0.25, 0.3) is 11.0 Å². The molecular weight excluding hydrogens is 366 g/mol. The maximum Gasteiger partial charge on any atom is 0.344 e. The average molecular weight is 387 g/mol. The van der Waals surface area contributed by atoms with Crippen molar-refractivity contribution in [2.45, 2.75) is 19.8 Å². The zero-order valence-electron chi connectivity index (χ0n) is 16.3. The topological polar surface area (TPSA) is 92.5 Å². The molecule has 1 aliphatic rings. The highest BCUT2D eigenvalue weighted by atomic mass is 16.5. The number of nitrogens with zero attached hydrogens (tertiary/aromatic N) is 2. The maximum absolute atomic E-state index is 12.9. The number of hydrogen-bond donors (Lipinski definition) is 1. The van der Waals surface area contributed by atoms with Gasteiger partial charge in [-0.05, 0) is 43.7 Å². The minimum atomic E-state index is -0.643. The van der Waals surface area contributed by atoms with E-state index in [1.807, 2.05) is 36.4 Å². The molecule has 0 aliphatic carbocycles. The van der Waals surface area contributed by atoms with Gasteiger partial charge in [-0.15, -0.1) is 0 Å². The number of ether oxygens (including phenoxy) is 1. The lowest BCUT2D eigenvalue weighted by Gasteiger charge is -2.27. The molecule has 0 saturated carbocycles. The van der Waals surface area contributed by atoms with Gasteiger partial charge in [0, 0.05) is 18.8 Å². The number of fused-ring (bicyclic) bond motifs is 3. The third kappa shape index (κ3) is 3.01. The van der Waals surface area contributed by atoms with E-state index in [-0.39, 0.29) is 11.5 Å². The lowest BCUT2D eigenvalue weighted by Crippen LogP contribution is -2.26. The molecule has 29 heavy (non-hydrogen) atoms. The van der Waals surface area contributed by atoms with Crippen LogP contribution >= 0.6 is 0 Å². The van der Waals surface area contributed by atoms with Gasteiger partial charge in [0.25, 0.3) is 0 Å². The van der Waals surface area contributed by atoms with Crippen LogP contribution in [0.3, 0.4) is 0 Å². The minimum Gasteiger partial charge on any atom is -0.439 e. The molecule has 146 valence electrons. The van der Waals surface area contributed by atoms with Gasteiger partial charge in [0.15, 0.2) is 5.75 Å². The zero-order valence-corrected chi connectivity index (χ0v) is 16.3. The molecule has 2 aromatic carbocycles. The van der Waals surface area contributed by atoms with Crippen LogP contribution in [-0.4, -0.2) is 13.1 Å². The lowest BCUT2D eigenvalue weighted by molar-refractivity contribution is 0.388. The Morgan fingerprint density at radius 3 is 2.45 bits per heavy atom. The molecule has 4 rings (SSSR count). The van der Waals surface area contributed by atoms with Crippen LogP contribution < -0.4 is 21.0 Å². The fourth-order valence-electron chi connectivity index (χ4n) is 3.87. The summed E-state index contributed by atoms with van der Waals surface area (Å²) in [6, 6.07) is 17.1. The molecule has 0 saturated heterocycles. The molecule has 2 heterocycles. The Morgan fingerprint density at radius 1 is 1.10 bits per heavy atom. The molecule has 1 aromatic heterocycles. The monoisotopic (exact) mass is 387 g/mol. The van der Waals surface area contributed by atoms with E-state index in [4.69, 9.17) is 14.9 Å². The summed E-state index contributed by atoms with van der Waals surface area (Å²) in [5.74, 6) is -0.282. The first-order valence-electron chi connectivity index (χ1n) is 9.57. The van der Waals surface area contributed by atoms with Crippen LogP contribution in [0.1, 0.15) is 30.9 Å². The third-order valence-corrected chi connectivity index (χ3v) is 5.33. The molecule has 0 radical (unpaired) electrons. The summed E-state index contributed by atoms with van der Waals surface area (Å²) in [7, 11) is 0. The van der Waals surface area contributed by atoms with Crippen molar-refractivity contribution in [3.63, 3.8) is 0 Å². The van der Waals surface area contributed by atoms with Gasteiger partial charge >= 0.3 is 5.63 Å². The number of para-hydroxylation sites is 1. The molecule has 0 spiro atoms. The number of nitrogens with two attached hydrogens (primary N) is 1. The average Bonchev–Trinajstić information content (AvgIpc) is 2.74. The van der Waals surface area contributed by atoms with Crippen molar-refractivity contribution < 1.29 is 9.15 Å². The molecule has 3 aromatic rings. The molecule has 0 fully saturated rings. The van der Waals surface area contributed by atoms with Gasteiger partial charge in [-0.25, -0.2) is 4.79 Å². The van der Waals surface area contributed by atoms with Crippen molar-refractivity contribution in [1.29, 1.82) is 5.26 Å². The molecular formula is C23H21N3O3. The second kappa shape index (κ2) is 7.36. The Labute approximate surface area is 168 Å². The van der Waals surface area contributed by atoms with Crippen molar-refractivity contribution >= 4 is 16.7 Å². The van der Waals surface area contributed by atoms with Crippen LogP contribution in [0.4, 0.5) is 5.69 Å². The van der Waals surface area contributed by atoms with Gasteiger partial charge in [-0.3, -0.25) is 0 Å². The first-order chi connectivity index (χ1) is 14.1. The first-order valence-corrected chi connectivity index (χ1v) is 9.57. The molecule has 1 atom stereocenters. The summed E-state index contributed by atoms with van der Waals surface area (Å²) in [5, 5.41) is 10.4. The third-order valence-electron chi connectivity index (χ3n) is 5.33. The van der Waals surface area contributed by atoms with Crippen molar-refractivity contribution in [3.05, 3.63) is 81.5 Å². The number of anilines is 1. The minimum absolute atomic E-state index is 0.00794. The SMILES string of the molecule is CCN(CC)c1ccc([C@H]2C(C#N)=C(N)Oc3c2c(=O)oc2ccccc32)cc1. The quantitative estimate of drug-likeness (QED) is 0.684. The largest absolute Gasteiger partial charge is 0.439 e. The van der Waals surface area contributed by atoms with E-state index in [2.05, 4.69) is 24.8 Å². The number of allylic oxidation sites excluding steroid dienone is 1. The van der Waals surface area contributed by atoms with Crippen LogP contribution in [0.5, 0.6) is 5.75 Å². The summed E-state index contributed by atoms with van der Waals surface area (Å²) in [5.41, 5.74) is 8.34. The van der Waals surface area contributed by atoms with Crippen molar-refractivity contribution in [2.75, 3.05) is 18.0 Å². The Morgan fingerprint density at radius 2 is 1.79 bits per heavy atom. The molecule has 0 bridgehead atoms. The molecule has 0 amide bonds. The fourth-order valence-corrected chi connectivity index (χ4v) is 3.87. The first kappa shape index (κ1) is 18.6. The normalized spacial score (nSPS) is 15.6. The van der Waals surface area contributed by atoms with Gasteiger partial charge in [-0.2, -0.15) is 5.26 Å². The Balaban J connectivity index is 1.93. The van der Waals surface area contributed by atoms with Crippen LogP contribution in [0, 0.1) is 11.3 Å². The number of rotatable bonds is 4. The van der Waals surface area contributed by atoms with E-state index < -0.39 is 11.5 Å². The Hall–Kier alpha value is -3.72. The van der Waals surface area contributed by atoms with Gasteiger partial charge in [0.1, 0.15) is 17.2 Å². The van der Waals surface area contributed by atoms with E-state index in [1.54, 1.807) is 12.1 Å². The molecule has 1 aliphatic heterocycles. The van der Waals surface area contributed by atoms with E-state index >= 15 is 0 Å². The van der Waals surface area contributed by atoms with Crippen LogP contribution in [-0.2, 0) is 0 Å². The maximum atomic E-state index is 12.9. The fraction of sp³-hybridized carbons (Fsp3) is 0.217. The summed E-state index contributed by atoms with van der Waals surface area (Å²) in [6.07, 6.45) is 0. The van der Waals surface area contributed by atoms with Crippen LogP contribution in [0.2, 0.25) is 0 Å². The predicted octanol–water partition coefficient (Wildman–Crippen LogP) is 3.86. The van der Waals surface area contributed by atoms with E-state index in [0.29, 0.717) is 22.3 Å². The zero-order chi connectivity index (χ0) is 20.5. The van der Waals surface area contributed by atoms with Gasteiger partial charge in [-0.1, -0.05) is 24.3 Å². The van der Waals surface area contributed by atoms with E-state index in [9.17, 15) is 10.1 Å². The smallest absolute Gasteiger partial charge is 0.344 e. The number of hydrogen-bond acceptors (Lipinski definition) is 6. The molecule has 0 unspecified atom stereocenters. The second-order valence-corrected chi connectivity index (χ2v) is 6.82. The van der Waals surface area contributed by atoms with E-state index in [0.717, 1.165) is 24.3 Å². The van der Waals surface area contributed by atoms with Gasteiger partial charge in [0.05, 0.1) is 16.9 Å². The second-order valence-electron chi connectivity index (χ2n) is 6.82. The summed E-state index contributed by atoms with van der Waals surface area (Å²) in [4.78, 5) is 15.1. The van der Waals surface area contributed by atoms with Crippen molar-refractivity contribution in [1.82, 2.24) is 0 Å². The van der Waals surface area contributed by atoms with Crippen LogP contribution in [0.15, 0.2) is 69.2 Å². The summed E-state index contributed by atoms with van der Waals surface area (Å²) >= 11 is 0. The van der Waals surface area contributed by atoms with Gasteiger partial charge in [0.2, 0.25) is 5.88 Å². The van der Waals surface area contributed by atoms with Crippen molar-refractivity contribution in [3.8, 4) is 11.8 Å².